The number of anilines is 1. The molecular weight excluding hydrogens is 278 g/mol. The first-order chi connectivity index (χ1) is 10.8. The fourth-order valence-corrected chi connectivity index (χ4v) is 3.49. The summed E-state index contributed by atoms with van der Waals surface area (Å²) in [5.74, 6) is 2.84. The molecule has 0 spiro atoms. The number of aromatic nitrogens is 2. The minimum Gasteiger partial charge on any atom is -0.476 e. The Morgan fingerprint density at radius 1 is 1.23 bits per heavy atom. The Hall–Kier alpha value is -1.36. The van der Waals surface area contributed by atoms with E-state index in [0.717, 1.165) is 31.9 Å². The SMILES string of the molecule is COC1CN(c2cncc(OCC3CCCC3)n2)CCC1C. The Labute approximate surface area is 133 Å². The van der Waals surface area contributed by atoms with Crippen molar-refractivity contribution in [1.29, 1.82) is 0 Å². The summed E-state index contributed by atoms with van der Waals surface area (Å²) >= 11 is 0. The number of hydrogen-bond acceptors (Lipinski definition) is 5. The molecule has 1 saturated carbocycles. The van der Waals surface area contributed by atoms with Crippen molar-refractivity contribution in [1.82, 2.24) is 9.97 Å². The molecule has 5 heteroatoms. The molecule has 0 radical (unpaired) electrons. The highest BCUT2D eigenvalue weighted by Gasteiger charge is 2.27. The number of nitrogens with zero attached hydrogens (tertiary/aromatic N) is 3. The zero-order valence-corrected chi connectivity index (χ0v) is 13.7. The van der Waals surface area contributed by atoms with Gasteiger partial charge in [0.05, 0.1) is 25.1 Å². The lowest BCUT2D eigenvalue weighted by Gasteiger charge is -2.36. The predicted molar refractivity (Wildman–Crippen MR) is 86.3 cm³/mol. The van der Waals surface area contributed by atoms with Gasteiger partial charge >= 0.3 is 0 Å². The van der Waals surface area contributed by atoms with E-state index in [1.165, 1.54) is 25.7 Å². The normalized spacial score (nSPS) is 26.4. The number of hydrogen-bond donors (Lipinski definition) is 0. The lowest BCUT2D eigenvalue weighted by atomic mass is 9.96. The van der Waals surface area contributed by atoms with Gasteiger partial charge in [0.2, 0.25) is 5.88 Å². The Balaban J connectivity index is 1.60. The highest BCUT2D eigenvalue weighted by atomic mass is 16.5. The predicted octanol–water partition coefficient (Wildman–Crippen LogP) is 2.91. The average molecular weight is 305 g/mol. The summed E-state index contributed by atoms with van der Waals surface area (Å²) in [4.78, 5) is 11.2. The van der Waals surface area contributed by atoms with E-state index in [-0.39, 0.29) is 6.10 Å². The van der Waals surface area contributed by atoms with E-state index >= 15 is 0 Å². The third-order valence-corrected chi connectivity index (χ3v) is 5.06. The molecular formula is C17H27N3O2. The van der Waals surface area contributed by atoms with E-state index in [1.54, 1.807) is 13.3 Å². The zero-order chi connectivity index (χ0) is 15.4. The molecule has 5 nitrogen and oxygen atoms in total. The largest absolute Gasteiger partial charge is 0.476 e. The van der Waals surface area contributed by atoms with Crippen LogP contribution < -0.4 is 9.64 Å². The van der Waals surface area contributed by atoms with Crippen LogP contribution in [0, 0.1) is 11.8 Å². The molecule has 3 rings (SSSR count). The number of methoxy groups -OCH3 is 1. The smallest absolute Gasteiger partial charge is 0.234 e. The molecule has 2 aliphatic rings. The maximum absolute atomic E-state index is 5.86. The van der Waals surface area contributed by atoms with Gasteiger partial charge in [-0.2, -0.15) is 4.98 Å². The van der Waals surface area contributed by atoms with E-state index in [4.69, 9.17) is 9.47 Å². The fraction of sp³-hybridized carbons (Fsp3) is 0.765. The molecule has 2 unspecified atom stereocenters. The third-order valence-electron chi connectivity index (χ3n) is 5.06. The molecule has 1 saturated heterocycles. The van der Waals surface area contributed by atoms with Crippen LogP contribution in [0.5, 0.6) is 5.88 Å². The summed E-state index contributed by atoms with van der Waals surface area (Å²) in [5, 5.41) is 0. The van der Waals surface area contributed by atoms with Crippen LogP contribution in [0.2, 0.25) is 0 Å². The molecule has 0 amide bonds. The van der Waals surface area contributed by atoms with Gasteiger partial charge in [0.1, 0.15) is 0 Å². The van der Waals surface area contributed by atoms with Crippen molar-refractivity contribution in [3.63, 3.8) is 0 Å². The summed E-state index contributed by atoms with van der Waals surface area (Å²) in [6.45, 7) is 4.90. The number of rotatable bonds is 5. The summed E-state index contributed by atoms with van der Waals surface area (Å²) in [6.07, 6.45) is 10.2. The number of piperidine rings is 1. The van der Waals surface area contributed by atoms with Gasteiger partial charge in [-0.3, -0.25) is 4.98 Å². The topological polar surface area (TPSA) is 47.5 Å². The van der Waals surface area contributed by atoms with Crippen LogP contribution in [-0.2, 0) is 4.74 Å². The molecule has 0 bridgehead atoms. The lowest BCUT2D eigenvalue weighted by Crippen LogP contribution is -2.44. The molecule has 2 heterocycles. The van der Waals surface area contributed by atoms with Crippen molar-refractivity contribution in [3.05, 3.63) is 12.4 Å². The molecule has 1 aromatic rings. The van der Waals surface area contributed by atoms with Gasteiger partial charge in [0.15, 0.2) is 5.82 Å². The molecule has 2 fully saturated rings. The molecule has 22 heavy (non-hydrogen) atoms. The second kappa shape index (κ2) is 7.27. The van der Waals surface area contributed by atoms with Gasteiger partial charge in [0, 0.05) is 20.2 Å². The van der Waals surface area contributed by atoms with E-state index in [0.29, 0.717) is 17.7 Å². The van der Waals surface area contributed by atoms with Crippen LogP contribution in [-0.4, -0.2) is 42.9 Å². The standard InChI is InChI=1S/C17H27N3O2/c1-13-7-8-20(11-15(13)21-2)16-9-18-10-17(19-16)22-12-14-5-3-4-6-14/h9-10,13-15H,3-8,11-12H2,1-2H3. The van der Waals surface area contributed by atoms with Gasteiger partial charge in [-0.1, -0.05) is 19.8 Å². The van der Waals surface area contributed by atoms with Gasteiger partial charge in [-0.25, -0.2) is 0 Å². The lowest BCUT2D eigenvalue weighted by molar-refractivity contribution is 0.0496. The number of ether oxygens (including phenoxy) is 2. The minimum atomic E-state index is 0.263. The second-order valence-electron chi connectivity index (χ2n) is 6.66. The molecule has 1 aromatic heterocycles. The van der Waals surface area contributed by atoms with Crippen LogP contribution >= 0.6 is 0 Å². The van der Waals surface area contributed by atoms with Gasteiger partial charge in [-0.15, -0.1) is 0 Å². The quantitative estimate of drug-likeness (QED) is 0.837. The van der Waals surface area contributed by atoms with Gasteiger partial charge < -0.3 is 14.4 Å². The van der Waals surface area contributed by atoms with Crippen molar-refractivity contribution in [2.45, 2.75) is 45.1 Å². The van der Waals surface area contributed by atoms with E-state index < -0.39 is 0 Å². The second-order valence-corrected chi connectivity index (χ2v) is 6.66. The maximum Gasteiger partial charge on any atom is 0.234 e. The van der Waals surface area contributed by atoms with E-state index in [1.807, 2.05) is 6.20 Å². The Morgan fingerprint density at radius 3 is 2.82 bits per heavy atom. The summed E-state index contributed by atoms with van der Waals surface area (Å²) in [5.41, 5.74) is 0. The van der Waals surface area contributed by atoms with E-state index in [9.17, 15) is 0 Å². The average Bonchev–Trinajstić information content (AvgIpc) is 3.07. The van der Waals surface area contributed by atoms with Gasteiger partial charge in [-0.05, 0) is 31.1 Å². The Bertz CT molecular complexity index is 477. The molecule has 2 atom stereocenters. The minimum absolute atomic E-state index is 0.263. The van der Waals surface area contributed by atoms with Crippen molar-refractivity contribution in [2.75, 3.05) is 31.7 Å². The molecule has 1 aliphatic carbocycles. The van der Waals surface area contributed by atoms with Crippen LogP contribution in [0.4, 0.5) is 5.82 Å². The Kier molecular flexibility index (Phi) is 5.13. The first-order valence-electron chi connectivity index (χ1n) is 8.49. The van der Waals surface area contributed by atoms with Crippen LogP contribution in [0.3, 0.4) is 0 Å². The monoisotopic (exact) mass is 305 g/mol. The first-order valence-corrected chi connectivity index (χ1v) is 8.49. The van der Waals surface area contributed by atoms with Crippen molar-refractivity contribution >= 4 is 5.82 Å². The molecule has 0 aromatic carbocycles. The molecule has 1 aliphatic heterocycles. The van der Waals surface area contributed by atoms with E-state index in [2.05, 4.69) is 21.8 Å². The third kappa shape index (κ3) is 3.69. The molecule has 0 N–H and O–H groups in total. The van der Waals surface area contributed by atoms with Crippen LogP contribution in [0.15, 0.2) is 12.4 Å². The highest BCUT2D eigenvalue weighted by molar-refractivity contribution is 5.38. The maximum atomic E-state index is 5.86. The van der Waals surface area contributed by atoms with Crippen molar-refractivity contribution in [2.24, 2.45) is 11.8 Å². The fourth-order valence-electron chi connectivity index (χ4n) is 3.49. The zero-order valence-electron chi connectivity index (χ0n) is 13.7. The summed E-state index contributed by atoms with van der Waals surface area (Å²) < 4.78 is 11.4. The first kappa shape index (κ1) is 15.5. The summed E-state index contributed by atoms with van der Waals surface area (Å²) in [7, 11) is 1.79. The van der Waals surface area contributed by atoms with Gasteiger partial charge in [0.25, 0.3) is 0 Å². The Morgan fingerprint density at radius 2 is 2.05 bits per heavy atom. The van der Waals surface area contributed by atoms with Crippen LogP contribution in [0.1, 0.15) is 39.0 Å². The van der Waals surface area contributed by atoms with Crippen molar-refractivity contribution in [3.8, 4) is 5.88 Å². The van der Waals surface area contributed by atoms with Crippen molar-refractivity contribution < 1.29 is 9.47 Å². The molecule has 122 valence electrons. The highest BCUT2D eigenvalue weighted by Crippen LogP contribution is 2.26. The van der Waals surface area contributed by atoms with Crippen LogP contribution in [0.25, 0.3) is 0 Å². The summed E-state index contributed by atoms with van der Waals surface area (Å²) in [6, 6.07) is 0.